The molecule has 1 rings (SSSR count). The summed E-state index contributed by atoms with van der Waals surface area (Å²) in [6.07, 6.45) is 0. The number of nitro groups is 1. The first kappa shape index (κ1) is 11.4. The van der Waals surface area contributed by atoms with Crippen molar-refractivity contribution in [2.75, 3.05) is 7.11 Å². The maximum Gasteiger partial charge on any atom is 0.341 e. The second-order valence-electron chi connectivity index (χ2n) is 2.54. The van der Waals surface area contributed by atoms with Crippen LogP contribution in [0.15, 0.2) is 16.6 Å². The fourth-order valence-electron chi connectivity index (χ4n) is 1.00. The van der Waals surface area contributed by atoms with E-state index >= 15 is 0 Å². The summed E-state index contributed by atoms with van der Waals surface area (Å²) < 4.78 is 4.45. The van der Waals surface area contributed by atoms with Crippen LogP contribution in [0.2, 0.25) is 0 Å². The average molecular weight is 276 g/mol. The first-order chi connectivity index (χ1) is 6.99. The number of aromatic hydroxyl groups is 1. The van der Waals surface area contributed by atoms with Crippen molar-refractivity contribution in [2.24, 2.45) is 0 Å². The van der Waals surface area contributed by atoms with Gasteiger partial charge < -0.3 is 9.84 Å². The number of nitrogens with zero attached hydrogens (tertiary/aromatic N) is 1. The summed E-state index contributed by atoms with van der Waals surface area (Å²) in [7, 11) is 1.12. The molecule has 0 heterocycles. The van der Waals surface area contributed by atoms with Gasteiger partial charge in [0, 0.05) is 0 Å². The molecule has 7 heteroatoms. The van der Waals surface area contributed by atoms with Gasteiger partial charge in [-0.3, -0.25) is 10.1 Å². The summed E-state index contributed by atoms with van der Waals surface area (Å²) in [5.41, 5.74) is -0.801. The van der Waals surface area contributed by atoms with Gasteiger partial charge >= 0.3 is 11.7 Å². The topological polar surface area (TPSA) is 89.7 Å². The fraction of sp³-hybridized carbons (Fsp3) is 0.125. The van der Waals surface area contributed by atoms with E-state index in [0.717, 1.165) is 7.11 Å². The molecule has 0 unspecified atom stereocenters. The van der Waals surface area contributed by atoms with Gasteiger partial charge in [-0.2, -0.15) is 0 Å². The first-order valence-electron chi connectivity index (χ1n) is 3.73. The molecule has 0 aliphatic carbocycles. The minimum absolute atomic E-state index is 0.0950. The second kappa shape index (κ2) is 4.26. The van der Waals surface area contributed by atoms with Crippen LogP contribution in [0, 0.1) is 10.1 Å². The molecule has 0 radical (unpaired) electrons. The van der Waals surface area contributed by atoms with Gasteiger partial charge in [0.2, 0.25) is 5.75 Å². The zero-order valence-corrected chi connectivity index (χ0v) is 9.15. The lowest BCUT2D eigenvalue weighted by molar-refractivity contribution is -0.386. The van der Waals surface area contributed by atoms with Crippen molar-refractivity contribution in [1.82, 2.24) is 0 Å². The number of phenolic OH excluding ortho intramolecular Hbond substituents is 1. The molecule has 0 amide bonds. The van der Waals surface area contributed by atoms with Gasteiger partial charge in [-0.25, -0.2) is 4.79 Å². The maximum absolute atomic E-state index is 11.1. The van der Waals surface area contributed by atoms with Gasteiger partial charge in [-0.1, -0.05) is 0 Å². The maximum atomic E-state index is 11.1. The van der Waals surface area contributed by atoms with Crippen molar-refractivity contribution >= 4 is 27.6 Å². The van der Waals surface area contributed by atoms with Gasteiger partial charge in [0.05, 0.1) is 16.5 Å². The van der Waals surface area contributed by atoms with Crippen LogP contribution in [0.3, 0.4) is 0 Å². The van der Waals surface area contributed by atoms with E-state index in [9.17, 15) is 20.0 Å². The highest BCUT2D eigenvalue weighted by molar-refractivity contribution is 9.10. The van der Waals surface area contributed by atoms with Gasteiger partial charge in [-0.15, -0.1) is 0 Å². The monoisotopic (exact) mass is 275 g/mol. The number of hydrogen-bond donors (Lipinski definition) is 1. The van der Waals surface area contributed by atoms with Crippen LogP contribution < -0.4 is 0 Å². The van der Waals surface area contributed by atoms with Crippen molar-refractivity contribution in [3.8, 4) is 5.75 Å². The molecule has 0 aliphatic heterocycles. The van der Waals surface area contributed by atoms with E-state index in [2.05, 4.69) is 20.7 Å². The van der Waals surface area contributed by atoms with E-state index in [1.165, 1.54) is 12.1 Å². The third-order valence-electron chi connectivity index (χ3n) is 1.69. The summed E-state index contributed by atoms with van der Waals surface area (Å²) >= 11 is 2.90. The van der Waals surface area contributed by atoms with E-state index in [-0.39, 0.29) is 10.0 Å². The zero-order valence-electron chi connectivity index (χ0n) is 7.56. The van der Waals surface area contributed by atoms with E-state index in [4.69, 9.17) is 0 Å². The molecule has 0 aliphatic rings. The zero-order chi connectivity index (χ0) is 11.6. The first-order valence-corrected chi connectivity index (χ1v) is 4.52. The molecule has 1 N–H and O–H groups in total. The lowest BCUT2D eigenvalue weighted by Crippen LogP contribution is -2.03. The molecule has 80 valence electrons. The molecule has 1 aromatic rings. The molecule has 6 nitrogen and oxygen atoms in total. The van der Waals surface area contributed by atoms with Crippen LogP contribution >= 0.6 is 15.9 Å². The number of rotatable bonds is 2. The SMILES string of the molecule is COC(=O)c1ccc(Br)c([N+](=O)[O-])c1O. The normalized spacial score (nSPS) is 9.73. The van der Waals surface area contributed by atoms with Crippen LogP contribution in [-0.2, 0) is 4.74 Å². The summed E-state index contributed by atoms with van der Waals surface area (Å²) in [6.45, 7) is 0. The molecule has 0 fully saturated rings. The minimum Gasteiger partial charge on any atom is -0.501 e. The Bertz CT molecular complexity index is 431. The number of halogens is 1. The number of ether oxygens (including phenoxy) is 1. The molecule has 0 spiro atoms. The summed E-state index contributed by atoms with van der Waals surface area (Å²) in [5, 5.41) is 20.0. The average Bonchev–Trinajstić information content (AvgIpc) is 2.16. The molecule has 1 aromatic carbocycles. The summed E-state index contributed by atoms with van der Waals surface area (Å²) in [5.74, 6) is -1.54. The quantitative estimate of drug-likeness (QED) is 0.505. The molecule has 0 aromatic heterocycles. The van der Waals surface area contributed by atoms with Crippen LogP contribution in [0.5, 0.6) is 5.75 Å². The largest absolute Gasteiger partial charge is 0.501 e. The Morgan fingerprint density at radius 2 is 2.20 bits per heavy atom. The van der Waals surface area contributed by atoms with E-state index in [1.54, 1.807) is 0 Å². The third kappa shape index (κ3) is 2.07. The highest BCUT2D eigenvalue weighted by Crippen LogP contribution is 2.36. The highest BCUT2D eigenvalue weighted by atomic mass is 79.9. The number of nitro benzene ring substituents is 1. The molecule has 0 saturated heterocycles. The number of methoxy groups -OCH3 is 1. The van der Waals surface area contributed by atoms with E-state index in [1.807, 2.05) is 0 Å². The summed E-state index contributed by atoms with van der Waals surface area (Å²) in [4.78, 5) is 20.9. The van der Waals surface area contributed by atoms with E-state index in [0.29, 0.717) is 0 Å². The van der Waals surface area contributed by atoms with Crippen molar-refractivity contribution < 1.29 is 19.6 Å². The lowest BCUT2D eigenvalue weighted by Gasteiger charge is -2.03. The van der Waals surface area contributed by atoms with Crippen molar-refractivity contribution in [2.45, 2.75) is 0 Å². The smallest absolute Gasteiger partial charge is 0.341 e. The predicted octanol–water partition coefficient (Wildman–Crippen LogP) is 1.85. The Morgan fingerprint density at radius 3 is 2.67 bits per heavy atom. The number of benzene rings is 1. The lowest BCUT2D eigenvalue weighted by atomic mass is 10.2. The number of carbonyl (C=O) groups is 1. The third-order valence-corrected chi connectivity index (χ3v) is 2.33. The predicted molar refractivity (Wildman–Crippen MR) is 53.8 cm³/mol. The molecular weight excluding hydrogens is 270 g/mol. The Labute approximate surface area is 92.8 Å². The number of carbonyl (C=O) groups excluding carboxylic acids is 1. The van der Waals surface area contributed by atoms with Gasteiger partial charge in [0.15, 0.2) is 0 Å². The minimum atomic E-state index is -0.830. The number of hydrogen-bond acceptors (Lipinski definition) is 5. The van der Waals surface area contributed by atoms with Gasteiger partial charge in [0.25, 0.3) is 0 Å². The second-order valence-corrected chi connectivity index (χ2v) is 3.40. The highest BCUT2D eigenvalue weighted by Gasteiger charge is 2.25. The van der Waals surface area contributed by atoms with Gasteiger partial charge in [0.1, 0.15) is 5.56 Å². The molecule has 0 atom stereocenters. The Balaban J connectivity index is 3.41. The van der Waals surface area contributed by atoms with Gasteiger partial charge in [-0.05, 0) is 28.1 Å². The van der Waals surface area contributed by atoms with Crippen molar-refractivity contribution in [1.29, 1.82) is 0 Å². The molecule has 0 bridgehead atoms. The number of phenols is 1. The number of esters is 1. The van der Waals surface area contributed by atoms with Crippen LogP contribution in [0.1, 0.15) is 10.4 Å². The summed E-state index contributed by atoms with van der Waals surface area (Å²) in [6, 6.07) is 2.53. The van der Waals surface area contributed by atoms with E-state index < -0.39 is 22.3 Å². The standard InChI is InChI=1S/C8H6BrNO5/c1-15-8(12)4-2-3-5(9)6(7(4)11)10(13)14/h2-3,11H,1H3. The van der Waals surface area contributed by atoms with Crippen LogP contribution in [0.4, 0.5) is 5.69 Å². The fourth-order valence-corrected chi connectivity index (χ4v) is 1.47. The molecule has 15 heavy (non-hydrogen) atoms. The Morgan fingerprint density at radius 1 is 1.60 bits per heavy atom. The molecule has 0 saturated carbocycles. The molecular formula is C8H6BrNO5. The van der Waals surface area contributed by atoms with Crippen molar-refractivity contribution in [3.63, 3.8) is 0 Å². The van der Waals surface area contributed by atoms with Crippen LogP contribution in [-0.4, -0.2) is 23.1 Å². The Hall–Kier alpha value is -1.63. The Kier molecular flexibility index (Phi) is 3.25. The van der Waals surface area contributed by atoms with Crippen molar-refractivity contribution in [3.05, 3.63) is 32.3 Å². The van der Waals surface area contributed by atoms with Crippen LogP contribution in [0.25, 0.3) is 0 Å².